The minimum Gasteiger partial charge on any atom is -0.496 e. The van der Waals surface area contributed by atoms with Gasteiger partial charge in [-0.2, -0.15) is 0 Å². The lowest BCUT2D eigenvalue weighted by molar-refractivity contribution is 0.419. The molecule has 0 unspecified atom stereocenters. The molecule has 0 aliphatic heterocycles. The molecule has 0 radical (unpaired) electrons. The minimum atomic E-state index is -0.143. The van der Waals surface area contributed by atoms with Crippen molar-refractivity contribution in [3.63, 3.8) is 0 Å². The van der Waals surface area contributed by atoms with E-state index in [0.29, 0.717) is 0 Å². The number of halogens is 1. The highest BCUT2D eigenvalue weighted by Gasteiger charge is 2.09. The summed E-state index contributed by atoms with van der Waals surface area (Å²) in [4.78, 5) is 0. The molecule has 2 aromatic rings. The van der Waals surface area contributed by atoms with Gasteiger partial charge in [-0.15, -0.1) is 19.0 Å². The summed E-state index contributed by atoms with van der Waals surface area (Å²) in [7, 11) is 1.68. The summed E-state index contributed by atoms with van der Waals surface area (Å²) in [5.41, 5.74) is 7.07. The lowest BCUT2D eigenvalue weighted by Gasteiger charge is -2.13. The molecule has 0 spiro atoms. The molecule has 0 aliphatic carbocycles. The molecule has 0 heterocycles. The van der Waals surface area contributed by atoms with E-state index in [4.69, 9.17) is 10.5 Å². The summed E-state index contributed by atoms with van der Waals surface area (Å²) < 4.78 is 5.33. The molecule has 1 atom stereocenters. The highest BCUT2D eigenvalue weighted by atomic mass is 35.5. The Morgan fingerprint density at radius 3 is 2.41 bits per heavy atom. The first-order valence-corrected chi connectivity index (χ1v) is 5.21. The van der Waals surface area contributed by atoms with Gasteiger partial charge in [0.1, 0.15) is 5.75 Å². The van der Waals surface area contributed by atoms with Gasteiger partial charge in [0.05, 0.1) is 7.11 Å². The van der Waals surface area contributed by atoms with Crippen molar-refractivity contribution in [1.29, 1.82) is 0 Å². The molecule has 3 heteroatoms. The van der Waals surface area contributed by atoms with Gasteiger partial charge in [0.25, 0.3) is 0 Å². The van der Waals surface area contributed by atoms with Crippen LogP contribution in [0.4, 0.5) is 0 Å². The third-order valence-corrected chi connectivity index (χ3v) is 2.75. The Hall–Kier alpha value is -1.51. The lowest BCUT2D eigenvalue weighted by atomic mass is 9.98. The Morgan fingerprint density at radius 2 is 1.82 bits per heavy atom. The maximum Gasteiger partial charge on any atom is 0.126 e. The third kappa shape index (κ3) is 2.43. The van der Waals surface area contributed by atoms with Crippen LogP contribution in [0.25, 0.3) is 10.8 Å². The van der Waals surface area contributed by atoms with Crippen LogP contribution in [0.2, 0.25) is 0 Å². The number of nitrogens with two attached hydrogens (primary N) is 1. The number of rotatable bonds is 3. The molecule has 2 N–H and O–H groups in total. The van der Waals surface area contributed by atoms with Crippen molar-refractivity contribution in [3.05, 3.63) is 54.6 Å². The Kier molecular flexibility index (Phi) is 4.55. The van der Waals surface area contributed by atoms with Gasteiger partial charge < -0.3 is 10.5 Å². The summed E-state index contributed by atoms with van der Waals surface area (Å²) >= 11 is 0. The van der Waals surface area contributed by atoms with E-state index in [1.54, 1.807) is 13.2 Å². The van der Waals surface area contributed by atoms with Crippen LogP contribution in [0.1, 0.15) is 11.6 Å². The van der Waals surface area contributed by atoms with Crippen LogP contribution in [-0.4, -0.2) is 7.11 Å². The van der Waals surface area contributed by atoms with E-state index in [-0.39, 0.29) is 18.4 Å². The molecule has 90 valence electrons. The average Bonchev–Trinajstić information content (AvgIpc) is 2.36. The van der Waals surface area contributed by atoms with Crippen molar-refractivity contribution >= 4 is 23.2 Å². The molecule has 0 fully saturated rings. The van der Waals surface area contributed by atoms with Crippen molar-refractivity contribution in [2.24, 2.45) is 5.73 Å². The van der Waals surface area contributed by atoms with Crippen LogP contribution in [0.5, 0.6) is 5.75 Å². The predicted molar refractivity (Wildman–Crippen MR) is 74.9 cm³/mol. The van der Waals surface area contributed by atoms with Gasteiger partial charge in [-0.05, 0) is 17.0 Å². The smallest absolute Gasteiger partial charge is 0.126 e. The van der Waals surface area contributed by atoms with E-state index in [1.165, 1.54) is 0 Å². The van der Waals surface area contributed by atoms with E-state index >= 15 is 0 Å². The fourth-order valence-electron chi connectivity index (χ4n) is 1.89. The molecule has 2 rings (SSSR count). The van der Waals surface area contributed by atoms with Crippen molar-refractivity contribution in [2.45, 2.75) is 6.04 Å². The Labute approximate surface area is 107 Å². The van der Waals surface area contributed by atoms with E-state index in [9.17, 15) is 0 Å². The summed E-state index contributed by atoms with van der Waals surface area (Å²) in [6.07, 6.45) is 1.74. The molecule has 0 bridgehead atoms. The van der Waals surface area contributed by atoms with Gasteiger partial charge in [0.2, 0.25) is 0 Å². The summed E-state index contributed by atoms with van der Waals surface area (Å²) in [5.74, 6) is 0.871. The van der Waals surface area contributed by atoms with Crippen molar-refractivity contribution < 1.29 is 4.74 Å². The molecular weight excluding hydrogens is 234 g/mol. The van der Waals surface area contributed by atoms with Crippen LogP contribution in [0, 0.1) is 0 Å². The zero-order valence-electron chi connectivity index (χ0n) is 9.72. The van der Waals surface area contributed by atoms with Gasteiger partial charge in [-0.25, -0.2) is 0 Å². The molecule has 0 amide bonds. The van der Waals surface area contributed by atoms with Gasteiger partial charge in [0.15, 0.2) is 0 Å². The molecule has 17 heavy (non-hydrogen) atoms. The Bertz CT molecular complexity index is 525. The number of methoxy groups -OCH3 is 1. The molecular formula is C14H16ClNO. The monoisotopic (exact) mass is 249 g/mol. The number of hydrogen-bond donors (Lipinski definition) is 1. The second-order valence-corrected chi connectivity index (χ2v) is 3.66. The average molecular weight is 250 g/mol. The normalized spacial score (nSPS) is 11.6. The zero-order chi connectivity index (χ0) is 11.5. The number of hydrogen-bond acceptors (Lipinski definition) is 2. The molecule has 0 saturated heterocycles. The summed E-state index contributed by atoms with van der Waals surface area (Å²) in [5, 5.41) is 2.20. The van der Waals surface area contributed by atoms with E-state index in [2.05, 4.69) is 12.6 Å². The fourth-order valence-corrected chi connectivity index (χ4v) is 1.89. The predicted octanol–water partition coefficient (Wildman–Crippen LogP) is 3.46. The van der Waals surface area contributed by atoms with Gasteiger partial charge in [-0.1, -0.05) is 36.4 Å². The first-order chi connectivity index (χ1) is 7.77. The quantitative estimate of drug-likeness (QED) is 0.846. The standard InChI is InChI=1S/C14H15NO.ClH/c1-3-13(15)11-8-9-14(16-2)12-7-5-4-6-10(11)12;/h3-9,13H,1,15H2,2H3;1H/t13-;/m0./s1. The molecule has 2 aromatic carbocycles. The minimum absolute atomic E-state index is 0. The van der Waals surface area contributed by atoms with E-state index < -0.39 is 0 Å². The SMILES string of the molecule is C=C[C@H](N)c1ccc(OC)c2ccccc12.Cl. The lowest BCUT2D eigenvalue weighted by Crippen LogP contribution is -2.07. The maximum absolute atomic E-state index is 5.99. The van der Waals surface area contributed by atoms with Crippen LogP contribution in [-0.2, 0) is 0 Å². The van der Waals surface area contributed by atoms with E-state index in [0.717, 1.165) is 22.1 Å². The Morgan fingerprint density at radius 1 is 1.18 bits per heavy atom. The van der Waals surface area contributed by atoms with Gasteiger partial charge >= 0.3 is 0 Å². The van der Waals surface area contributed by atoms with Crippen LogP contribution in [0.15, 0.2) is 49.1 Å². The number of benzene rings is 2. The van der Waals surface area contributed by atoms with Crippen LogP contribution < -0.4 is 10.5 Å². The van der Waals surface area contributed by atoms with E-state index in [1.807, 2.05) is 30.3 Å². The van der Waals surface area contributed by atoms with Crippen LogP contribution >= 0.6 is 12.4 Å². The first-order valence-electron chi connectivity index (χ1n) is 5.21. The molecule has 0 aromatic heterocycles. The third-order valence-electron chi connectivity index (χ3n) is 2.75. The van der Waals surface area contributed by atoms with Gasteiger partial charge in [0, 0.05) is 11.4 Å². The molecule has 0 saturated carbocycles. The topological polar surface area (TPSA) is 35.2 Å². The number of ether oxygens (including phenoxy) is 1. The Balaban J connectivity index is 0.00000144. The maximum atomic E-state index is 5.99. The van der Waals surface area contributed by atoms with Crippen molar-refractivity contribution in [1.82, 2.24) is 0 Å². The van der Waals surface area contributed by atoms with Gasteiger partial charge in [-0.3, -0.25) is 0 Å². The van der Waals surface area contributed by atoms with Crippen molar-refractivity contribution in [3.8, 4) is 5.75 Å². The second kappa shape index (κ2) is 5.71. The first kappa shape index (κ1) is 13.6. The highest BCUT2D eigenvalue weighted by molar-refractivity contribution is 5.91. The number of fused-ring (bicyclic) bond motifs is 1. The fraction of sp³-hybridized carbons (Fsp3) is 0.143. The highest BCUT2D eigenvalue weighted by Crippen LogP contribution is 2.30. The summed E-state index contributed by atoms with van der Waals surface area (Å²) in [6.45, 7) is 3.73. The second-order valence-electron chi connectivity index (χ2n) is 3.66. The molecule has 0 aliphatic rings. The largest absolute Gasteiger partial charge is 0.496 e. The molecule has 2 nitrogen and oxygen atoms in total. The van der Waals surface area contributed by atoms with Crippen LogP contribution in [0.3, 0.4) is 0 Å². The van der Waals surface area contributed by atoms with Crippen molar-refractivity contribution in [2.75, 3.05) is 7.11 Å². The zero-order valence-corrected chi connectivity index (χ0v) is 10.5. The summed E-state index contributed by atoms with van der Waals surface area (Å²) in [6, 6.07) is 11.9.